The molecule has 2 heterocycles. The number of halogens is 2. The largest absolute Gasteiger partial charge is 0.434 e. The third kappa shape index (κ3) is 5.41. The van der Waals surface area contributed by atoms with Gasteiger partial charge in [-0.15, -0.1) is 0 Å². The van der Waals surface area contributed by atoms with Crippen molar-refractivity contribution in [3.8, 4) is 5.75 Å². The van der Waals surface area contributed by atoms with Crippen molar-refractivity contribution in [2.45, 2.75) is 19.6 Å². The highest BCUT2D eigenvalue weighted by molar-refractivity contribution is 5.41. The fourth-order valence-corrected chi connectivity index (χ4v) is 2.82. The molecule has 0 fully saturated rings. The van der Waals surface area contributed by atoms with Gasteiger partial charge >= 0.3 is 6.61 Å². The molecule has 0 saturated carbocycles. The lowest BCUT2D eigenvalue weighted by molar-refractivity contribution is -0.0504. The maximum Gasteiger partial charge on any atom is 0.387 e. The van der Waals surface area contributed by atoms with Crippen molar-refractivity contribution in [1.82, 2.24) is 15.0 Å². The Morgan fingerprint density at radius 1 is 1.21 bits per heavy atom. The number of hydrogen-bond acceptors (Lipinski definition) is 5. The third-order valence-electron chi connectivity index (χ3n) is 4.19. The van der Waals surface area contributed by atoms with Crippen LogP contribution in [0.5, 0.6) is 5.75 Å². The van der Waals surface area contributed by atoms with Gasteiger partial charge in [-0.2, -0.15) is 8.78 Å². The van der Waals surface area contributed by atoms with Crippen molar-refractivity contribution in [3.63, 3.8) is 0 Å². The van der Waals surface area contributed by atoms with Crippen LogP contribution in [0.25, 0.3) is 12.7 Å². The monoisotopic (exact) mass is 397 g/mol. The Hall–Kier alpha value is -3.68. The molecule has 2 aromatic heterocycles. The summed E-state index contributed by atoms with van der Waals surface area (Å²) in [6, 6.07) is 6.59. The van der Waals surface area contributed by atoms with E-state index in [0.717, 1.165) is 21.7 Å². The van der Waals surface area contributed by atoms with Crippen LogP contribution in [0.15, 0.2) is 55.1 Å². The first-order valence-corrected chi connectivity index (χ1v) is 8.88. The number of benzene rings is 1. The Balaban J connectivity index is 1.67. The number of H-pyrrole nitrogens is 1. The van der Waals surface area contributed by atoms with E-state index in [9.17, 15) is 8.78 Å². The van der Waals surface area contributed by atoms with E-state index in [1.807, 2.05) is 12.3 Å². The van der Waals surface area contributed by atoms with E-state index in [4.69, 9.17) is 5.73 Å². The van der Waals surface area contributed by atoms with Gasteiger partial charge in [0.15, 0.2) is 0 Å². The zero-order chi connectivity index (χ0) is 20.6. The number of aromatic amines is 1. The minimum Gasteiger partial charge on any atom is -0.434 e. The van der Waals surface area contributed by atoms with E-state index in [1.165, 1.54) is 12.3 Å². The van der Waals surface area contributed by atoms with Crippen LogP contribution in [-0.4, -0.2) is 21.6 Å². The van der Waals surface area contributed by atoms with Crippen molar-refractivity contribution in [2.24, 2.45) is 5.73 Å². The number of nitrogens with one attached hydrogen (secondary N) is 2. The molecule has 8 heteroatoms. The van der Waals surface area contributed by atoms with E-state index in [-0.39, 0.29) is 12.3 Å². The summed E-state index contributed by atoms with van der Waals surface area (Å²) in [5.41, 5.74) is 7.96. The van der Waals surface area contributed by atoms with E-state index in [2.05, 4.69) is 31.6 Å². The Morgan fingerprint density at radius 3 is 2.69 bits per heavy atom. The fourth-order valence-electron chi connectivity index (χ4n) is 2.82. The first-order valence-electron chi connectivity index (χ1n) is 8.88. The second-order valence-electron chi connectivity index (χ2n) is 6.19. The second kappa shape index (κ2) is 9.50. The number of alkyl halides is 2. The average molecular weight is 397 g/mol. The van der Waals surface area contributed by atoms with Crippen molar-refractivity contribution < 1.29 is 13.5 Å². The number of nitrogens with zero attached hydrogens (tertiary/aromatic N) is 2. The van der Waals surface area contributed by atoms with Crippen LogP contribution in [0.1, 0.15) is 16.7 Å². The van der Waals surface area contributed by atoms with Crippen LogP contribution >= 0.6 is 0 Å². The molecule has 150 valence electrons. The van der Waals surface area contributed by atoms with Gasteiger partial charge in [-0.3, -0.25) is 0 Å². The van der Waals surface area contributed by atoms with Gasteiger partial charge in [-0.25, -0.2) is 9.97 Å². The van der Waals surface area contributed by atoms with Crippen molar-refractivity contribution in [1.29, 1.82) is 0 Å². The summed E-state index contributed by atoms with van der Waals surface area (Å²) in [6.45, 7) is 1.35. The summed E-state index contributed by atoms with van der Waals surface area (Å²) in [5.74, 6) is 0.517. The van der Waals surface area contributed by atoms with E-state index < -0.39 is 6.61 Å². The van der Waals surface area contributed by atoms with Gasteiger partial charge in [0.1, 0.15) is 5.75 Å². The van der Waals surface area contributed by atoms with Gasteiger partial charge in [-0.1, -0.05) is 30.9 Å². The summed E-state index contributed by atoms with van der Waals surface area (Å²) in [5, 5.41) is 4.80. The van der Waals surface area contributed by atoms with Gasteiger partial charge in [0.05, 0.1) is 0 Å². The van der Waals surface area contributed by atoms with Crippen molar-refractivity contribution >= 4 is 18.6 Å². The SMILES string of the molecule is C=c1[nH]cc(Cc2cnc(NCc3ccccc3OC(F)F)nc2)/c1=C/C=C\N. The Morgan fingerprint density at radius 2 is 1.97 bits per heavy atom. The summed E-state index contributed by atoms with van der Waals surface area (Å²) in [7, 11) is 0. The molecule has 0 atom stereocenters. The van der Waals surface area contributed by atoms with Crippen molar-refractivity contribution in [2.75, 3.05) is 5.32 Å². The molecule has 0 aliphatic heterocycles. The highest BCUT2D eigenvalue weighted by atomic mass is 19.3. The number of para-hydroxylation sites is 1. The number of nitrogens with two attached hydrogens (primary N) is 1. The van der Waals surface area contributed by atoms with Crippen molar-refractivity contribution in [3.05, 3.63) is 82.4 Å². The predicted molar refractivity (Wildman–Crippen MR) is 109 cm³/mol. The van der Waals surface area contributed by atoms with Crippen LogP contribution in [0.4, 0.5) is 14.7 Å². The number of rotatable bonds is 8. The van der Waals surface area contributed by atoms with Crippen LogP contribution in [0.3, 0.4) is 0 Å². The third-order valence-corrected chi connectivity index (χ3v) is 4.19. The molecule has 0 spiro atoms. The molecule has 0 saturated heterocycles. The first kappa shape index (κ1) is 20.1. The lowest BCUT2D eigenvalue weighted by Crippen LogP contribution is -2.23. The fraction of sp³-hybridized carbons (Fsp3) is 0.143. The quantitative estimate of drug-likeness (QED) is 0.543. The molecule has 0 amide bonds. The molecule has 3 rings (SSSR count). The number of aromatic nitrogens is 3. The minimum absolute atomic E-state index is 0.123. The smallest absolute Gasteiger partial charge is 0.387 e. The second-order valence-corrected chi connectivity index (χ2v) is 6.19. The molecular weight excluding hydrogens is 376 g/mol. The van der Waals surface area contributed by atoms with Crippen LogP contribution in [0.2, 0.25) is 0 Å². The predicted octanol–water partition coefficient (Wildman–Crippen LogP) is 2.27. The highest BCUT2D eigenvalue weighted by Crippen LogP contribution is 2.21. The van der Waals surface area contributed by atoms with Crippen LogP contribution in [-0.2, 0) is 13.0 Å². The molecule has 3 aromatic rings. The molecule has 29 heavy (non-hydrogen) atoms. The lowest BCUT2D eigenvalue weighted by Gasteiger charge is -2.11. The van der Waals surface area contributed by atoms with Crippen LogP contribution < -0.4 is 26.4 Å². The molecular formula is C21H21F2N5O. The normalized spacial score (nSPS) is 12.0. The highest BCUT2D eigenvalue weighted by Gasteiger charge is 2.09. The summed E-state index contributed by atoms with van der Waals surface area (Å²) >= 11 is 0. The maximum atomic E-state index is 12.5. The average Bonchev–Trinajstić information content (AvgIpc) is 3.05. The number of anilines is 1. The Kier molecular flexibility index (Phi) is 6.57. The minimum atomic E-state index is -2.87. The van der Waals surface area contributed by atoms with Gasteiger partial charge in [0.25, 0.3) is 0 Å². The molecule has 1 aromatic carbocycles. The molecule has 0 radical (unpaired) electrons. The van der Waals surface area contributed by atoms with Gasteiger partial charge in [0, 0.05) is 47.7 Å². The molecule has 0 bridgehead atoms. The number of ether oxygens (including phenoxy) is 1. The topological polar surface area (TPSA) is 88.8 Å². The number of allylic oxidation sites excluding steroid dienone is 1. The van der Waals surface area contributed by atoms with Crippen LogP contribution in [0, 0.1) is 0 Å². The van der Waals surface area contributed by atoms with Gasteiger partial charge in [0.2, 0.25) is 5.95 Å². The van der Waals surface area contributed by atoms with E-state index in [1.54, 1.807) is 36.7 Å². The summed E-state index contributed by atoms with van der Waals surface area (Å²) in [6.07, 6.45) is 11.1. The van der Waals surface area contributed by atoms with Gasteiger partial charge < -0.3 is 20.8 Å². The maximum absolute atomic E-state index is 12.5. The zero-order valence-corrected chi connectivity index (χ0v) is 15.6. The Bertz CT molecular complexity index is 1080. The number of hydrogen-bond donors (Lipinski definition) is 3. The zero-order valence-electron chi connectivity index (χ0n) is 15.6. The molecule has 0 aliphatic rings. The summed E-state index contributed by atoms with van der Waals surface area (Å²) in [4.78, 5) is 11.7. The standard InChI is InChI=1S/C21H21F2N5O/c1-14-18(6-4-8-24)17(13-25-14)9-15-10-26-21(27-11-15)28-12-16-5-2-3-7-19(16)29-20(22)23/h2-8,10-11,13,20,25H,1,9,12,24H2,(H,26,27,28)/b8-4-,18-6+. The summed E-state index contributed by atoms with van der Waals surface area (Å²) < 4.78 is 29.5. The van der Waals surface area contributed by atoms with E-state index in [0.29, 0.717) is 17.9 Å². The molecule has 4 N–H and O–H groups in total. The first-order chi connectivity index (χ1) is 14.1. The lowest BCUT2D eigenvalue weighted by atomic mass is 10.1. The van der Waals surface area contributed by atoms with E-state index >= 15 is 0 Å². The van der Waals surface area contributed by atoms with Gasteiger partial charge in [-0.05, 0) is 29.5 Å². The molecule has 0 unspecified atom stereocenters. The molecule has 0 aliphatic carbocycles. The molecule has 6 nitrogen and oxygen atoms in total. The Labute approximate surface area is 166 Å².